The zero-order valence-electron chi connectivity index (χ0n) is 8.52. The minimum absolute atomic E-state index is 0.132. The quantitative estimate of drug-likeness (QED) is 0.646. The lowest BCUT2D eigenvalue weighted by Crippen LogP contribution is -2.29. The highest BCUT2D eigenvalue weighted by Gasteiger charge is 2.07. The van der Waals surface area contributed by atoms with Gasteiger partial charge in [-0.2, -0.15) is 0 Å². The first-order chi connectivity index (χ1) is 7.24. The topological polar surface area (TPSA) is 75.4 Å². The molecule has 1 aromatic rings. The Morgan fingerprint density at radius 2 is 2.07 bits per heavy atom. The van der Waals surface area contributed by atoms with E-state index in [0.717, 1.165) is 5.56 Å². The highest BCUT2D eigenvalue weighted by atomic mass is 16.3. The second-order valence-corrected chi connectivity index (χ2v) is 3.27. The second kappa shape index (κ2) is 6.16. The zero-order valence-corrected chi connectivity index (χ0v) is 8.52. The van der Waals surface area contributed by atoms with E-state index >= 15 is 0 Å². The molecule has 4 nitrogen and oxygen atoms in total. The van der Waals surface area contributed by atoms with Crippen molar-refractivity contribution in [1.29, 1.82) is 0 Å². The molecule has 0 saturated carbocycles. The SMILES string of the molecule is NCCC(=O)NCC(O)c1ccccc1. The molecule has 1 unspecified atom stereocenters. The van der Waals surface area contributed by atoms with Gasteiger partial charge in [0.05, 0.1) is 6.10 Å². The van der Waals surface area contributed by atoms with E-state index in [1.165, 1.54) is 0 Å². The van der Waals surface area contributed by atoms with Gasteiger partial charge in [-0.05, 0) is 5.56 Å². The molecule has 1 amide bonds. The fourth-order valence-corrected chi connectivity index (χ4v) is 1.22. The predicted octanol–water partition coefficient (Wildman–Crippen LogP) is 0.185. The van der Waals surface area contributed by atoms with E-state index in [1.54, 1.807) is 0 Å². The number of carbonyl (C=O) groups is 1. The van der Waals surface area contributed by atoms with Crippen molar-refractivity contribution in [3.63, 3.8) is 0 Å². The minimum Gasteiger partial charge on any atom is -0.387 e. The maximum absolute atomic E-state index is 11.1. The van der Waals surface area contributed by atoms with E-state index in [4.69, 9.17) is 5.73 Å². The van der Waals surface area contributed by atoms with Gasteiger partial charge >= 0.3 is 0 Å². The molecule has 0 aliphatic rings. The maximum atomic E-state index is 11.1. The lowest BCUT2D eigenvalue weighted by atomic mass is 10.1. The molecule has 0 aliphatic carbocycles. The Morgan fingerprint density at radius 1 is 1.40 bits per heavy atom. The maximum Gasteiger partial charge on any atom is 0.221 e. The highest BCUT2D eigenvalue weighted by Crippen LogP contribution is 2.10. The predicted molar refractivity (Wildman–Crippen MR) is 58.1 cm³/mol. The fraction of sp³-hybridized carbons (Fsp3) is 0.364. The van der Waals surface area contributed by atoms with Crippen molar-refractivity contribution in [1.82, 2.24) is 5.32 Å². The largest absolute Gasteiger partial charge is 0.387 e. The summed E-state index contributed by atoms with van der Waals surface area (Å²) in [5, 5.41) is 12.3. The molecule has 0 spiro atoms. The van der Waals surface area contributed by atoms with Crippen LogP contribution in [0.4, 0.5) is 0 Å². The van der Waals surface area contributed by atoms with Crippen LogP contribution in [0.15, 0.2) is 30.3 Å². The van der Waals surface area contributed by atoms with Crippen LogP contribution in [0.2, 0.25) is 0 Å². The molecule has 0 heterocycles. The average molecular weight is 208 g/mol. The van der Waals surface area contributed by atoms with E-state index in [1.807, 2.05) is 30.3 Å². The normalized spacial score (nSPS) is 12.1. The molecule has 0 aromatic heterocycles. The molecule has 0 saturated heterocycles. The molecule has 1 atom stereocenters. The first-order valence-electron chi connectivity index (χ1n) is 4.94. The Balaban J connectivity index is 2.37. The summed E-state index contributed by atoms with van der Waals surface area (Å²) in [7, 11) is 0. The van der Waals surface area contributed by atoms with Crippen LogP contribution in [0.1, 0.15) is 18.1 Å². The van der Waals surface area contributed by atoms with Crippen molar-refractivity contribution >= 4 is 5.91 Å². The number of nitrogens with one attached hydrogen (secondary N) is 1. The third-order valence-corrected chi connectivity index (χ3v) is 2.05. The molecule has 82 valence electrons. The standard InChI is InChI=1S/C11H16N2O2/c12-7-6-11(15)13-8-10(14)9-4-2-1-3-5-9/h1-5,10,14H,6-8,12H2,(H,13,15). The van der Waals surface area contributed by atoms with Crippen LogP contribution in [-0.4, -0.2) is 24.1 Å². The summed E-state index contributed by atoms with van der Waals surface area (Å²) in [4.78, 5) is 11.1. The molecule has 1 aromatic carbocycles. The Bertz CT molecular complexity index is 301. The smallest absolute Gasteiger partial charge is 0.221 e. The first-order valence-corrected chi connectivity index (χ1v) is 4.94. The molecule has 0 bridgehead atoms. The average Bonchev–Trinajstić information content (AvgIpc) is 2.27. The van der Waals surface area contributed by atoms with Gasteiger partial charge in [-0.3, -0.25) is 4.79 Å². The summed E-state index contributed by atoms with van der Waals surface area (Å²) in [6, 6.07) is 9.21. The van der Waals surface area contributed by atoms with E-state index in [0.29, 0.717) is 13.0 Å². The van der Waals surface area contributed by atoms with E-state index in [2.05, 4.69) is 5.32 Å². The van der Waals surface area contributed by atoms with Crippen molar-refractivity contribution in [2.75, 3.05) is 13.1 Å². The van der Waals surface area contributed by atoms with Crippen molar-refractivity contribution in [3.05, 3.63) is 35.9 Å². The summed E-state index contributed by atoms with van der Waals surface area (Å²) in [6.45, 7) is 0.552. The van der Waals surface area contributed by atoms with Crippen LogP contribution < -0.4 is 11.1 Å². The Labute approximate surface area is 89.1 Å². The van der Waals surface area contributed by atoms with Gasteiger partial charge in [0.25, 0.3) is 0 Å². The van der Waals surface area contributed by atoms with E-state index < -0.39 is 6.10 Å². The molecular weight excluding hydrogens is 192 g/mol. The Kier molecular flexibility index (Phi) is 4.80. The van der Waals surface area contributed by atoms with Gasteiger partial charge in [0.2, 0.25) is 5.91 Å². The second-order valence-electron chi connectivity index (χ2n) is 3.27. The van der Waals surface area contributed by atoms with Gasteiger partial charge in [-0.15, -0.1) is 0 Å². The summed E-state index contributed by atoms with van der Waals surface area (Å²) >= 11 is 0. The van der Waals surface area contributed by atoms with Crippen LogP contribution in [0.5, 0.6) is 0 Å². The minimum atomic E-state index is -0.659. The Morgan fingerprint density at radius 3 is 2.67 bits per heavy atom. The number of hydrogen-bond donors (Lipinski definition) is 3. The van der Waals surface area contributed by atoms with Crippen molar-refractivity contribution in [2.24, 2.45) is 5.73 Å². The molecule has 1 rings (SSSR count). The van der Waals surface area contributed by atoms with Gasteiger partial charge in [-0.25, -0.2) is 0 Å². The Hall–Kier alpha value is -1.39. The van der Waals surface area contributed by atoms with Gasteiger partial charge in [0.1, 0.15) is 0 Å². The van der Waals surface area contributed by atoms with Crippen molar-refractivity contribution < 1.29 is 9.90 Å². The zero-order chi connectivity index (χ0) is 11.1. The molecule has 0 fully saturated rings. The number of hydrogen-bond acceptors (Lipinski definition) is 3. The number of nitrogens with two attached hydrogens (primary N) is 1. The van der Waals surface area contributed by atoms with Crippen molar-refractivity contribution in [3.8, 4) is 0 Å². The van der Waals surface area contributed by atoms with Crippen LogP contribution in [0.25, 0.3) is 0 Å². The van der Waals surface area contributed by atoms with Gasteiger partial charge in [0, 0.05) is 19.5 Å². The molecule has 0 aliphatic heterocycles. The van der Waals surface area contributed by atoms with Crippen molar-refractivity contribution in [2.45, 2.75) is 12.5 Å². The van der Waals surface area contributed by atoms with Crippen LogP contribution in [0, 0.1) is 0 Å². The number of aliphatic hydroxyl groups is 1. The summed E-state index contributed by atoms with van der Waals surface area (Å²) in [5.74, 6) is -0.132. The van der Waals surface area contributed by atoms with Gasteiger partial charge in [-0.1, -0.05) is 30.3 Å². The molecule has 4 N–H and O–H groups in total. The molecular formula is C11H16N2O2. The molecule has 15 heavy (non-hydrogen) atoms. The molecule has 0 radical (unpaired) electrons. The first kappa shape index (κ1) is 11.7. The summed E-state index contributed by atoms with van der Waals surface area (Å²) in [6.07, 6.45) is -0.366. The van der Waals surface area contributed by atoms with Gasteiger partial charge in [0.15, 0.2) is 0 Å². The summed E-state index contributed by atoms with van der Waals surface area (Å²) in [5.41, 5.74) is 6.02. The van der Waals surface area contributed by atoms with E-state index in [-0.39, 0.29) is 12.5 Å². The van der Waals surface area contributed by atoms with E-state index in [9.17, 15) is 9.90 Å². The monoisotopic (exact) mass is 208 g/mol. The number of rotatable bonds is 5. The number of amides is 1. The lowest BCUT2D eigenvalue weighted by Gasteiger charge is -2.11. The van der Waals surface area contributed by atoms with Gasteiger partial charge < -0.3 is 16.2 Å². The van der Waals surface area contributed by atoms with Crippen LogP contribution >= 0.6 is 0 Å². The lowest BCUT2D eigenvalue weighted by molar-refractivity contribution is -0.121. The van der Waals surface area contributed by atoms with Crippen LogP contribution in [0.3, 0.4) is 0 Å². The third-order valence-electron chi connectivity index (χ3n) is 2.05. The molecule has 4 heteroatoms. The number of aliphatic hydroxyl groups excluding tert-OH is 1. The highest BCUT2D eigenvalue weighted by molar-refractivity contribution is 5.76. The fourth-order valence-electron chi connectivity index (χ4n) is 1.22. The number of benzene rings is 1. The number of carbonyl (C=O) groups excluding carboxylic acids is 1. The summed E-state index contributed by atoms with van der Waals surface area (Å²) < 4.78 is 0. The van der Waals surface area contributed by atoms with Crippen LogP contribution in [-0.2, 0) is 4.79 Å². The third kappa shape index (κ3) is 4.10.